The first-order valence-corrected chi connectivity index (χ1v) is 5.99. The van der Waals surface area contributed by atoms with Gasteiger partial charge in [-0.05, 0) is 18.3 Å². The van der Waals surface area contributed by atoms with Gasteiger partial charge in [-0.25, -0.2) is 8.78 Å². The summed E-state index contributed by atoms with van der Waals surface area (Å²) in [7, 11) is 1.34. The highest BCUT2D eigenvalue weighted by molar-refractivity contribution is 5.67. The van der Waals surface area contributed by atoms with E-state index < -0.39 is 23.0 Å². The summed E-state index contributed by atoms with van der Waals surface area (Å²) in [5.74, 6) is -2.12. The van der Waals surface area contributed by atoms with Gasteiger partial charge in [0.2, 0.25) is 0 Å². The molecule has 1 rings (SSSR count). The Morgan fingerprint density at radius 3 is 2.26 bits per heavy atom. The molecule has 0 aliphatic heterocycles. The lowest BCUT2D eigenvalue weighted by molar-refractivity contribution is -0.139. The van der Waals surface area contributed by atoms with Crippen LogP contribution in [-0.4, -0.2) is 18.2 Å². The Morgan fingerprint density at radius 2 is 1.84 bits per heavy atom. The van der Waals surface area contributed by atoms with Gasteiger partial charge in [0.1, 0.15) is 17.4 Å². The monoisotopic (exact) mass is 272 g/mol. The average Bonchev–Trinajstić information content (AvgIpc) is 2.25. The molecule has 0 unspecified atom stereocenters. The van der Waals surface area contributed by atoms with E-state index in [9.17, 15) is 13.6 Å². The molecule has 0 spiro atoms. The Balaban J connectivity index is 2.81. The molecule has 3 nitrogen and oxygen atoms in total. The second-order valence-corrected chi connectivity index (χ2v) is 5.30. The summed E-state index contributed by atoms with van der Waals surface area (Å²) >= 11 is 0. The van der Waals surface area contributed by atoms with Gasteiger partial charge in [-0.15, -0.1) is 0 Å². The van der Waals surface area contributed by atoms with E-state index in [4.69, 9.17) is 9.84 Å². The second kappa shape index (κ2) is 5.99. The number of carboxylic acids is 1. The third-order valence-electron chi connectivity index (χ3n) is 3.03. The van der Waals surface area contributed by atoms with Gasteiger partial charge >= 0.3 is 5.97 Å². The van der Waals surface area contributed by atoms with Gasteiger partial charge in [0.05, 0.1) is 13.5 Å². The molecule has 0 radical (unpaired) electrons. The Morgan fingerprint density at radius 1 is 1.32 bits per heavy atom. The van der Waals surface area contributed by atoms with Crippen molar-refractivity contribution >= 4 is 5.97 Å². The van der Waals surface area contributed by atoms with Crippen molar-refractivity contribution in [1.82, 2.24) is 0 Å². The lowest BCUT2D eigenvalue weighted by atomic mass is 9.83. The largest absolute Gasteiger partial charge is 0.497 e. The number of halogens is 2. The van der Waals surface area contributed by atoms with Gasteiger partial charge in [0.15, 0.2) is 0 Å². The number of carboxylic acid groups (broad SMARTS) is 1. The SMILES string of the molecule is COc1cc(F)c(CCC(C)(C)CC(=O)O)c(F)c1. The molecule has 0 aromatic heterocycles. The molecular weight excluding hydrogens is 254 g/mol. The molecular formula is C14H18F2O3. The fourth-order valence-electron chi connectivity index (χ4n) is 1.90. The summed E-state index contributed by atoms with van der Waals surface area (Å²) in [4.78, 5) is 10.7. The van der Waals surface area contributed by atoms with Crippen LogP contribution in [-0.2, 0) is 11.2 Å². The van der Waals surface area contributed by atoms with Crippen molar-refractivity contribution in [2.45, 2.75) is 33.1 Å². The number of hydrogen-bond donors (Lipinski definition) is 1. The average molecular weight is 272 g/mol. The van der Waals surface area contributed by atoms with E-state index in [1.165, 1.54) is 7.11 Å². The lowest BCUT2D eigenvalue weighted by Crippen LogP contribution is -2.18. The van der Waals surface area contributed by atoms with E-state index in [1.54, 1.807) is 13.8 Å². The molecule has 0 bridgehead atoms. The first-order valence-electron chi connectivity index (χ1n) is 5.99. The molecule has 5 heteroatoms. The number of rotatable bonds is 6. The Bertz CT molecular complexity index is 447. The summed E-state index contributed by atoms with van der Waals surface area (Å²) in [6, 6.07) is 2.26. The molecule has 0 saturated carbocycles. The molecule has 19 heavy (non-hydrogen) atoms. The molecule has 0 fully saturated rings. The van der Waals surface area contributed by atoms with E-state index in [2.05, 4.69) is 0 Å². The molecule has 0 atom stereocenters. The highest BCUT2D eigenvalue weighted by Crippen LogP contribution is 2.29. The Kier molecular flexibility index (Phi) is 4.86. The zero-order valence-corrected chi connectivity index (χ0v) is 11.3. The molecule has 0 saturated heterocycles. The van der Waals surface area contributed by atoms with Crippen LogP contribution in [0.1, 0.15) is 32.3 Å². The molecule has 1 N–H and O–H groups in total. The smallest absolute Gasteiger partial charge is 0.303 e. The summed E-state index contributed by atoms with van der Waals surface area (Å²) < 4.78 is 32.2. The van der Waals surface area contributed by atoms with Gasteiger partial charge in [-0.2, -0.15) is 0 Å². The van der Waals surface area contributed by atoms with Gasteiger partial charge in [0, 0.05) is 17.7 Å². The zero-order chi connectivity index (χ0) is 14.6. The molecule has 0 aliphatic rings. The quantitative estimate of drug-likeness (QED) is 0.863. The number of aliphatic carboxylic acids is 1. The molecule has 0 heterocycles. The van der Waals surface area contributed by atoms with Crippen LogP contribution in [0.25, 0.3) is 0 Å². The Hall–Kier alpha value is -1.65. The van der Waals surface area contributed by atoms with Crippen molar-refractivity contribution in [3.8, 4) is 5.75 Å². The summed E-state index contributed by atoms with van der Waals surface area (Å²) in [6.07, 6.45) is 0.508. The highest BCUT2D eigenvalue weighted by atomic mass is 19.1. The van der Waals surface area contributed by atoms with Crippen LogP contribution >= 0.6 is 0 Å². The number of benzene rings is 1. The number of hydrogen-bond acceptors (Lipinski definition) is 2. The third kappa shape index (κ3) is 4.50. The second-order valence-electron chi connectivity index (χ2n) is 5.30. The van der Waals surface area contributed by atoms with E-state index in [0.29, 0.717) is 6.42 Å². The van der Waals surface area contributed by atoms with E-state index in [1.807, 2.05) is 0 Å². The van der Waals surface area contributed by atoms with Crippen LogP contribution in [0, 0.1) is 17.0 Å². The normalized spacial score (nSPS) is 11.4. The van der Waals surface area contributed by atoms with Crippen LogP contribution < -0.4 is 4.74 Å². The van der Waals surface area contributed by atoms with Gasteiger partial charge in [-0.1, -0.05) is 13.8 Å². The van der Waals surface area contributed by atoms with Crippen molar-refractivity contribution in [1.29, 1.82) is 0 Å². The number of methoxy groups -OCH3 is 1. The van der Waals surface area contributed by atoms with Gasteiger partial charge < -0.3 is 9.84 Å². The van der Waals surface area contributed by atoms with Crippen molar-refractivity contribution in [2.75, 3.05) is 7.11 Å². The standard InChI is InChI=1S/C14H18F2O3/c1-14(2,8-13(17)18)5-4-10-11(15)6-9(19-3)7-12(10)16/h6-7H,4-5,8H2,1-3H3,(H,17,18). The minimum absolute atomic E-state index is 0.0285. The minimum atomic E-state index is -0.916. The molecule has 1 aromatic rings. The number of ether oxygens (including phenoxy) is 1. The summed E-state index contributed by atoms with van der Waals surface area (Å²) in [5.41, 5.74) is -0.538. The fourth-order valence-corrected chi connectivity index (χ4v) is 1.90. The van der Waals surface area contributed by atoms with Crippen LogP contribution in [0.4, 0.5) is 8.78 Å². The highest BCUT2D eigenvalue weighted by Gasteiger charge is 2.23. The predicted octanol–water partition coefficient (Wildman–Crippen LogP) is 3.41. The topological polar surface area (TPSA) is 46.5 Å². The van der Waals surface area contributed by atoms with Crippen LogP contribution in [0.15, 0.2) is 12.1 Å². The van der Waals surface area contributed by atoms with Crippen LogP contribution in [0.5, 0.6) is 5.75 Å². The first kappa shape index (κ1) is 15.4. The molecule has 106 valence electrons. The maximum atomic E-state index is 13.7. The summed E-state index contributed by atoms with van der Waals surface area (Å²) in [6.45, 7) is 3.53. The lowest BCUT2D eigenvalue weighted by Gasteiger charge is -2.22. The van der Waals surface area contributed by atoms with Crippen LogP contribution in [0.2, 0.25) is 0 Å². The van der Waals surface area contributed by atoms with Crippen molar-refractivity contribution in [2.24, 2.45) is 5.41 Å². The van der Waals surface area contributed by atoms with Crippen molar-refractivity contribution < 1.29 is 23.4 Å². The summed E-state index contributed by atoms with van der Waals surface area (Å²) in [5, 5.41) is 8.76. The maximum Gasteiger partial charge on any atom is 0.303 e. The third-order valence-corrected chi connectivity index (χ3v) is 3.03. The van der Waals surface area contributed by atoms with Gasteiger partial charge in [0.25, 0.3) is 0 Å². The maximum absolute atomic E-state index is 13.7. The van der Waals surface area contributed by atoms with E-state index >= 15 is 0 Å². The zero-order valence-electron chi connectivity index (χ0n) is 11.3. The molecule has 1 aromatic carbocycles. The number of carbonyl (C=O) groups is 1. The minimum Gasteiger partial charge on any atom is -0.497 e. The first-order chi connectivity index (χ1) is 8.75. The molecule has 0 amide bonds. The van der Waals surface area contributed by atoms with Crippen molar-refractivity contribution in [3.05, 3.63) is 29.3 Å². The molecule has 0 aliphatic carbocycles. The fraction of sp³-hybridized carbons (Fsp3) is 0.500. The van der Waals surface area contributed by atoms with Gasteiger partial charge in [-0.3, -0.25) is 4.79 Å². The Labute approximate surface area is 111 Å². The van der Waals surface area contributed by atoms with E-state index in [-0.39, 0.29) is 24.2 Å². The van der Waals surface area contributed by atoms with Crippen LogP contribution in [0.3, 0.4) is 0 Å². The predicted molar refractivity (Wildman–Crippen MR) is 67.3 cm³/mol. The van der Waals surface area contributed by atoms with Crippen molar-refractivity contribution in [3.63, 3.8) is 0 Å². The van der Waals surface area contributed by atoms with E-state index in [0.717, 1.165) is 12.1 Å².